The molecule has 10 heteroatoms. The van der Waals surface area contributed by atoms with Gasteiger partial charge in [-0.2, -0.15) is 24.9 Å². The predicted octanol–water partition coefficient (Wildman–Crippen LogP) is 5.30. The molecule has 1 spiro atoms. The van der Waals surface area contributed by atoms with E-state index in [-0.39, 0.29) is 23.3 Å². The SMILES string of the molecule is CSC.O=C1NC2(CC2)C(=O)N1C(c1ccc(-c2ccc(F)cc2)cc1F)C(F)(F)F. The van der Waals surface area contributed by atoms with E-state index in [1.165, 1.54) is 18.2 Å². The van der Waals surface area contributed by atoms with Crippen LogP contribution >= 0.6 is 11.8 Å². The molecule has 31 heavy (non-hydrogen) atoms. The summed E-state index contributed by atoms with van der Waals surface area (Å²) < 4.78 is 68.9. The van der Waals surface area contributed by atoms with Gasteiger partial charge in [0.15, 0.2) is 6.04 Å². The Kier molecular flexibility index (Phi) is 6.31. The summed E-state index contributed by atoms with van der Waals surface area (Å²) in [6.07, 6.45) is -0.471. The van der Waals surface area contributed by atoms with Gasteiger partial charge in [-0.1, -0.05) is 24.3 Å². The number of urea groups is 1. The largest absolute Gasteiger partial charge is 0.413 e. The Morgan fingerprint density at radius 2 is 1.55 bits per heavy atom. The fourth-order valence-electron chi connectivity index (χ4n) is 3.37. The van der Waals surface area contributed by atoms with E-state index in [1.54, 1.807) is 11.8 Å². The van der Waals surface area contributed by atoms with Crippen LogP contribution in [0, 0.1) is 11.6 Å². The number of nitrogens with zero attached hydrogens (tertiary/aromatic N) is 1. The third-order valence-corrected chi connectivity index (χ3v) is 4.98. The Bertz CT molecular complexity index is 990. The van der Waals surface area contributed by atoms with Gasteiger partial charge in [0.05, 0.1) is 0 Å². The van der Waals surface area contributed by atoms with Crippen molar-refractivity contribution in [3.05, 3.63) is 59.7 Å². The van der Waals surface area contributed by atoms with E-state index in [0.717, 1.165) is 24.3 Å². The number of amides is 3. The molecule has 3 amide bonds. The van der Waals surface area contributed by atoms with Crippen LogP contribution < -0.4 is 5.32 Å². The molecular weight excluding hydrogens is 439 g/mol. The summed E-state index contributed by atoms with van der Waals surface area (Å²) >= 11 is 1.75. The van der Waals surface area contributed by atoms with Crippen LogP contribution in [0.5, 0.6) is 0 Å². The van der Waals surface area contributed by atoms with Crippen LogP contribution in [0.1, 0.15) is 24.4 Å². The number of hydrogen-bond acceptors (Lipinski definition) is 3. The minimum absolute atomic E-state index is 0.0585. The minimum Gasteiger partial charge on any atom is -0.323 e. The number of thioether (sulfide) groups is 1. The molecule has 0 radical (unpaired) electrons. The standard InChI is InChI=1S/C19H13F5N2O2.C2H6S/c20-12-4-1-10(2-5-12)11-3-6-13(14(21)9-11)15(19(22,23)24)26-16(27)18(7-8-18)25-17(26)28;1-3-2/h1-6,9,15H,7-8H2,(H,25,28);1-2H3. The van der Waals surface area contributed by atoms with E-state index in [0.29, 0.717) is 5.56 Å². The number of carbonyl (C=O) groups is 2. The monoisotopic (exact) mass is 458 g/mol. The molecule has 1 saturated carbocycles. The lowest BCUT2D eigenvalue weighted by Crippen LogP contribution is -2.43. The van der Waals surface area contributed by atoms with Gasteiger partial charge in [0.25, 0.3) is 5.91 Å². The summed E-state index contributed by atoms with van der Waals surface area (Å²) in [5.74, 6) is -2.73. The molecule has 2 fully saturated rings. The molecule has 1 heterocycles. The Morgan fingerprint density at radius 3 is 2.00 bits per heavy atom. The first-order valence-electron chi connectivity index (χ1n) is 9.22. The van der Waals surface area contributed by atoms with Crippen LogP contribution in [0.2, 0.25) is 0 Å². The number of carbonyl (C=O) groups excluding carboxylic acids is 2. The number of hydrogen-bond donors (Lipinski definition) is 1. The van der Waals surface area contributed by atoms with Crippen LogP contribution in [0.4, 0.5) is 26.7 Å². The van der Waals surface area contributed by atoms with Crippen molar-refractivity contribution in [3.63, 3.8) is 0 Å². The molecular formula is C21H19F5N2O2S. The summed E-state index contributed by atoms with van der Waals surface area (Å²) in [6, 6.07) is 4.07. The van der Waals surface area contributed by atoms with E-state index >= 15 is 0 Å². The molecule has 1 aliphatic carbocycles. The third-order valence-electron chi connectivity index (χ3n) is 4.98. The van der Waals surface area contributed by atoms with Gasteiger partial charge in [0, 0.05) is 5.56 Å². The maximum atomic E-state index is 14.7. The Balaban J connectivity index is 0.000000858. The molecule has 0 bridgehead atoms. The van der Waals surface area contributed by atoms with E-state index < -0.39 is 46.9 Å². The molecule has 1 N–H and O–H groups in total. The number of halogens is 5. The van der Waals surface area contributed by atoms with Crippen molar-refractivity contribution < 1.29 is 31.5 Å². The van der Waals surface area contributed by atoms with Crippen LogP contribution in [-0.4, -0.2) is 41.1 Å². The molecule has 4 nitrogen and oxygen atoms in total. The molecule has 1 unspecified atom stereocenters. The van der Waals surface area contributed by atoms with Crippen LogP contribution in [0.15, 0.2) is 42.5 Å². The van der Waals surface area contributed by atoms with Crippen LogP contribution in [0.25, 0.3) is 11.1 Å². The zero-order chi connectivity index (χ0) is 23.0. The Labute approximate surface area is 179 Å². The van der Waals surface area contributed by atoms with Gasteiger partial charge in [0.2, 0.25) is 0 Å². The van der Waals surface area contributed by atoms with Crippen molar-refractivity contribution in [1.29, 1.82) is 0 Å². The van der Waals surface area contributed by atoms with E-state index in [2.05, 4.69) is 5.32 Å². The van der Waals surface area contributed by atoms with Gasteiger partial charge in [-0.05, 0) is 54.7 Å². The zero-order valence-electron chi connectivity index (χ0n) is 16.6. The molecule has 0 aromatic heterocycles. The predicted molar refractivity (Wildman–Crippen MR) is 107 cm³/mol. The van der Waals surface area contributed by atoms with Crippen molar-refractivity contribution in [2.75, 3.05) is 12.5 Å². The highest BCUT2D eigenvalue weighted by molar-refractivity contribution is 7.97. The number of benzene rings is 2. The quantitative estimate of drug-likeness (QED) is 0.502. The smallest absolute Gasteiger partial charge is 0.323 e. The highest BCUT2D eigenvalue weighted by atomic mass is 32.2. The number of imide groups is 1. The maximum absolute atomic E-state index is 14.7. The number of rotatable bonds is 3. The number of nitrogens with one attached hydrogen (secondary N) is 1. The molecule has 2 aromatic carbocycles. The topological polar surface area (TPSA) is 49.4 Å². The fraction of sp³-hybridized carbons (Fsp3) is 0.333. The van der Waals surface area contributed by atoms with E-state index in [4.69, 9.17) is 0 Å². The van der Waals surface area contributed by atoms with Crippen molar-refractivity contribution in [2.45, 2.75) is 30.6 Å². The van der Waals surface area contributed by atoms with Crippen LogP contribution in [0.3, 0.4) is 0 Å². The Hall–Kier alpha value is -2.62. The molecule has 2 aliphatic rings. The van der Waals surface area contributed by atoms with Crippen molar-refractivity contribution >= 4 is 23.7 Å². The maximum Gasteiger partial charge on any atom is 0.413 e. The fourth-order valence-corrected chi connectivity index (χ4v) is 3.37. The van der Waals surface area contributed by atoms with Crippen molar-refractivity contribution in [1.82, 2.24) is 10.2 Å². The average molecular weight is 458 g/mol. The van der Waals surface area contributed by atoms with Crippen LogP contribution in [-0.2, 0) is 4.79 Å². The molecule has 4 rings (SSSR count). The lowest BCUT2D eigenvalue weighted by Gasteiger charge is -2.28. The third kappa shape index (κ3) is 4.53. The molecule has 2 aromatic rings. The second-order valence-electron chi connectivity index (χ2n) is 7.28. The van der Waals surface area contributed by atoms with Gasteiger partial charge < -0.3 is 5.32 Å². The second-order valence-corrected chi connectivity index (χ2v) is 8.10. The minimum atomic E-state index is -5.06. The van der Waals surface area contributed by atoms with Crippen molar-refractivity contribution in [2.24, 2.45) is 0 Å². The van der Waals surface area contributed by atoms with Gasteiger partial charge in [0.1, 0.15) is 17.2 Å². The highest BCUT2D eigenvalue weighted by Gasteiger charge is 2.64. The zero-order valence-corrected chi connectivity index (χ0v) is 17.4. The highest BCUT2D eigenvalue weighted by Crippen LogP contribution is 2.47. The molecule has 166 valence electrons. The van der Waals surface area contributed by atoms with E-state index in [1.807, 2.05) is 12.5 Å². The van der Waals surface area contributed by atoms with Gasteiger partial charge in [-0.15, -0.1) is 0 Å². The Morgan fingerprint density at radius 1 is 1.00 bits per heavy atom. The van der Waals surface area contributed by atoms with Gasteiger partial charge in [-0.3, -0.25) is 4.79 Å². The van der Waals surface area contributed by atoms with Gasteiger partial charge in [-0.25, -0.2) is 18.5 Å². The van der Waals surface area contributed by atoms with E-state index in [9.17, 15) is 31.5 Å². The summed E-state index contributed by atoms with van der Waals surface area (Å²) in [5, 5.41) is 2.27. The molecule has 1 aliphatic heterocycles. The van der Waals surface area contributed by atoms with Gasteiger partial charge >= 0.3 is 12.2 Å². The summed E-state index contributed by atoms with van der Waals surface area (Å²) in [6.45, 7) is 0. The van der Waals surface area contributed by atoms with Crippen molar-refractivity contribution in [3.8, 4) is 11.1 Å². The normalized spacial score (nSPS) is 17.8. The first-order chi connectivity index (χ1) is 14.5. The lowest BCUT2D eigenvalue weighted by atomic mass is 9.98. The lowest BCUT2D eigenvalue weighted by molar-refractivity contribution is -0.183. The average Bonchev–Trinajstić information content (AvgIpc) is 3.42. The first kappa shape index (κ1) is 23.1. The second kappa shape index (κ2) is 8.49. The summed E-state index contributed by atoms with van der Waals surface area (Å²) in [7, 11) is 0. The summed E-state index contributed by atoms with van der Waals surface area (Å²) in [5.41, 5.74) is -1.48. The number of alkyl halides is 3. The first-order valence-corrected chi connectivity index (χ1v) is 10.9. The molecule has 1 atom stereocenters. The summed E-state index contributed by atoms with van der Waals surface area (Å²) in [4.78, 5) is 24.5. The molecule has 1 saturated heterocycles.